The monoisotopic (exact) mass is 267 g/mol. The van der Waals surface area contributed by atoms with Gasteiger partial charge in [0, 0.05) is 0 Å². The first-order valence-corrected chi connectivity index (χ1v) is 5.81. The molecule has 0 unspecified atom stereocenters. The number of aromatic nitrogens is 2. The van der Waals surface area contributed by atoms with Gasteiger partial charge in [-0.2, -0.15) is 0 Å². The maximum Gasteiger partial charge on any atom is 0.413 e. The van der Waals surface area contributed by atoms with Crippen molar-refractivity contribution < 1.29 is 19.1 Å². The van der Waals surface area contributed by atoms with Crippen LogP contribution in [0.15, 0.2) is 12.4 Å². The Balaban J connectivity index is 2.62. The second kappa shape index (κ2) is 6.12. The topological polar surface area (TPSA) is 90.4 Å². The van der Waals surface area contributed by atoms with Crippen molar-refractivity contribution in [2.24, 2.45) is 0 Å². The van der Waals surface area contributed by atoms with Crippen molar-refractivity contribution in [3.63, 3.8) is 0 Å². The molecule has 0 spiro atoms. The lowest BCUT2D eigenvalue weighted by molar-refractivity contribution is 0.0518. The zero-order valence-electron chi connectivity index (χ0n) is 11.4. The number of esters is 1. The molecule has 0 bridgehead atoms. The van der Waals surface area contributed by atoms with Gasteiger partial charge < -0.3 is 9.47 Å². The number of hydrogen-bond acceptors (Lipinski definition) is 6. The molecule has 1 amide bonds. The lowest BCUT2D eigenvalue weighted by Gasteiger charge is -2.19. The Hall–Kier alpha value is -2.18. The van der Waals surface area contributed by atoms with E-state index in [-0.39, 0.29) is 18.1 Å². The summed E-state index contributed by atoms with van der Waals surface area (Å²) in [6.07, 6.45) is 1.85. The standard InChI is InChI=1S/C12H17N3O4/c1-5-18-10(16)8-6-14-9(7-13-8)15-11(17)19-12(2,3)4/h6-7H,5H2,1-4H3,(H,14,15,17). The van der Waals surface area contributed by atoms with Gasteiger partial charge in [-0.05, 0) is 27.7 Å². The van der Waals surface area contributed by atoms with Crippen molar-refractivity contribution >= 4 is 17.9 Å². The second-order valence-electron chi connectivity index (χ2n) is 4.63. The summed E-state index contributed by atoms with van der Waals surface area (Å²) in [5.41, 5.74) is -0.515. The molecular formula is C12H17N3O4. The van der Waals surface area contributed by atoms with E-state index in [1.165, 1.54) is 12.4 Å². The highest BCUT2D eigenvalue weighted by Crippen LogP contribution is 2.09. The average Bonchev–Trinajstić information content (AvgIpc) is 2.27. The number of anilines is 1. The number of rotatable bonds is 3. The van der Waals surface area contributed by atoms with Crippen molar-refractivity contribution in [1.29, 1.82) is 0 Å². The zero-order valence-corrected chi connectivity index (χ0v) is 11.4. The first kappa shape index (κ1) is 14.9. The van der Waals surface area contributed by atoms with Crippen molar-refractivity contribution in [3.8, 4) is 0 Å². The van der Waals surface area contributed by atoms with Gasteiger partial charge in [0.25, 0.3) is 0 Å². The fourth-order valence-corrected chi connectivity index (χ4v) is 1.11. The number of nitrogens with zero attached hydrogens (tertiary/aromatic N) is 2. The van der Waals surface area contributed by atoms with E-state index in [1.807, 2.05) is 0 Å². The van der Waals surface area contributed by atoms with Crippen LogP contribution in [0, 0.1) is 0 Å². The summed E-state index contributed by atoms with van der Waals surface area (Å²) < 4.78 is 9.81. The Morgan fingerprint density at radius 2 is 1.95 bits per heavy atom. The largest absolute Gasteiger partial charge is 0.461 e. The lowest BCUT2D eigenvalue weighted by atomic mass is 10.2. The molecule has 1 N–H and O–H groups in total. The van der Waals surface area contributed by atoms with Crippen LogP contribution >= 0.6 is 0 Å². The molecular weight excluding hydrogens is 250 g/mol. The minimum atomic E-state index is -0.634. The fourth-order valence-electron chi connectivity index (χ4n) is 1.11. The summed E-state index contributed by atoms with van der Waals surface area (Å²) in [4.78, 5) is 30.5. The molecule has 0 radical (unpaired) electrons. The molecule has 0 saturated carbocycles. The number of hydrogen-bond donors (Lipinski definition) is 1. The Labute approximate surface area is 111 Å². The van der Waals surface area contributed by atoms with Crippen molar-refractivity contribution in [1.82, 2.24) is 9.97 Å². The Bertz CT molecular complexity index is 451. The molecule has 1 rings (SSSR count). The maximum absolute atomic E-state index is 11.5. The van der Waals surface area contributed by atoms with Crippen LogP contribution in [0.1, 0.15) is 38.2 Å². The van der Waals surface area contributed by atoms with Gasteiger partial charge in [0.05, 0.1) is 19.0 Å². The molecule has 1 aromatic rings. The Morgan fingerprint density at radius 3 is 2.42 bits per heavy atom. The molecule has 7 nitrogen and oxygen atoms in total. The highest BCUT2D eigenvalue weighted by atomic mass is 16.6. The molecule has 1 heterocycles. The van der Waals surface area contributed by atoms with Crippen molar-refractivity contribution in [3.05, 3.63) is 18.1 Å². The zero-order chi connectivity index (χ0) is 14.5. The molecule has 0 aliphatic rings. The van der Waals surface area contributed by atoms with E-state index >= 15 is 0 Å². The molecule has 0 aromatic carbocycles. The molecule has 19 heavy (non-hydrogen) atoms. The van der Waals surface area contributed by atoms with Gasteiger partial charge in [0.2, 0.25) is 0 Å². The van der Waals surface area contributed by atoms with E-state index in [0.29, 0.717) is 0 Å². The van der Waals surface area contributed by atoms with Gasteiger partial charge in [0.1, 0.15) is 5.60 Å². The van der Waals surface area contributed by atoms with Crippen LogP contribution in [0.2, 0.25) is 0 Å². The van der Waals surface area contributed by atoms with E-state index in [2.05, 4.69) is 15.3 Å². The van der Waals surface area contributed by atoms with Crippen LogP contribution in [0.5, 0.6) is 0 Å². The van der Waals surface area contributed by atoms with Gasteiger partial charge >= 0.3 is 12.1 Å². The summed E-state index contributed by atoms with van der Waals surface area (Å²) in [5.74, 6) is -0.360. The van der Waals surface area contributed by atoms with Crippen molar-refractivity contribution in [2.75, 3.05) is 11.9 Å². The highest BCUT2D eigenvalue weighted by molar-refractivity contribution is 5.87. The van der Waals surface area contributed by atoms with Gasteiger partial charge in [-0.3, -0.25) is 5.32 Å². The number of carbonyl (C=O) groups is 2. The van der Waals surface area contributed by atoms with Crippen LogP contribution in [0.4, 0.5) is 10.6 Å². The quantitative estimate of drug-likeness (QED) is 0.842. The number of carbonyl (C=O) groups excluding carboxylic acids is 2. The van der Waals surface area contributed by atoms with Crippen LogP contribution in [-0.2, 0) is 9.47 Å². The number of amides is 1. The molecule has 0 aliphatic heterocycles. The van der Waals surface area contributed by atoms with Gasteiger partial charge in [-0.1, -0.05) is 0 Å². The van der Waals surface area contributed by atoms with E-state index < -0.39 is 17.7 Å². The van der Waals surface area contributed by atoms with E-state index in [1.54, 1.807) is 27.7 Å². The summed E-state index contributed by atoms with van der Waals surface area (Å²) in [6, 6.07) is 0. The van der Waals surface area contributed by atoms with Crippen molar-refractivity contribution in [2.45, 2.75) is 33.3 Å². The first-order chi connectivity index (χ1) is 8.81. The third-order valence-corrected chi connectivity index (χ3v) is 1.77. The third-order valence-electron chi connectivity index (χ3n) is 1.77. The predicted octanol–water partition coefficient (Wildman–Crippen LogP) is 2.00. The minimum absolute atomic E-state index is 0.0802. The average molecular weight is 267 g/mol. The molecule has 0 atom stereocenters. The SMILES string of the molecule is CCOC(=O)c1cnc(NC(=O)OC(C)(C)C)cn1. The van der Waals surface area contributed by atoms with Crippen LogP contribution in [0.3, 0.4) is 0 Å². The highest BCUT2D eigenvalue weighted by Gasteiger charge is 2.17. The molecule has 0 saturated heterocycles. The van der Waals surface area contributed by atoms with Gasteiger partial charge in [0.15, 0.2) is 11.5 Å². The predicted molar refractivity (Wildman–Crippen MR) is 67.8 cm³/mol. The smallest absolute Gasteiger partial charge is 0.413 e. The normalized spacial score (nSPS) is 10.7. The fraction of sp³-hybridized carbons (Fsp3) is 0.500. The second-order valence-corrected chi connectivity index (χ2v) is 4.63. The minimum Gasteiger partial charge on any atom is -0.461 e. The summed E-state index contributed by atoms with van der Waals surface area (Å²) >= 11 is 0. The van der Waals surface area contributed by atoms with E-state index in [0.717, 1.165) is 0 Å². The van der Waals surface area contributed by atoms with E-state index in [4.69, 9.17) is 9.47 Å². The molecule has 0 aliphatic carbocycles. The third kappa shape index (κ3) is 5.33. The Kier molecular flexibility index (Phi) is 4.80. The van der Waals surface area contributed by atoms with Crippen LogP contribution in [0.25, 0.3) is 0 Å². The molecule has 0 fully saturated rings. The summed E-state index contributed by atoms with van der Waals surface area (Å²) in [6.45, 7) is 7.22. The van der Waals surface area contributed by atoms with Crippen LogP contribution in [-0.4, -0.2) is 34.2 Å². The number of ether oxygens (including phenoxy) is 2. The van der Waals surface area contributed by atoms with E-state index in [9.17, 15) is 9.59 Å². The van der Waals surface area contributed by atoms with Gasteiger partial charge in [-0.15, -0.1) is 0 Å². The Morgan fingerprint density at radius 1 is 1.26 bits per heavy atom. The summed E-state index contributed by atoms with van der Waals surface area (Å²) in [7, 11) is 0. The molecule has 7 heteroatoms. The van der Waals surface area contributed by atoms with Gasteiger partial charge in [-0.25, -0.2) is 19.6 Å². The number of nitrogens with one attached hydrogen (secondary N) is 1. The van der Waals surface area contributed by atoms with Crippen LogP contribution < -0.4 is 5.32 Å². The molecule has 1 aromatic heterocycles. The maximum atomic E-state index is 11.5. The lowest BCUT2D eigenvalue weighted by Crippen LogP contribution is -2.27. The first-order valence-electron chi connectivity index (χ1n) is 5.81. The molecule has 104 valence electrons. The summed E-state index contributed by atoms with van der Waals surface area (Å²) in [5, 5.41) is 2.41.